The van der Waals surface area contributed by atoms with Gasteiger partial charge in [-0.25, -0.2) is 9.78 Å². The summed E-state index contributed by atoms with van der Waals surface area (Å²) in [4.78, 5) is 32.8. The molecule has 1 aromatic heterocycles. The van der Waals surface area contributed by atoms with Gasteiger partial charge in [0.25, 0.3) is 5.56 Å². The zero-order valence-electron chi connectivity index (χ0n) is 20.1. The second-order valence-electron chi connectivity index (χ2n) is 8.90. The number of carbonyl (C=O) groups is 1. The van der Waals surface area contributed by atoms with Crippen LogP contribution in [-0.4, -0.2) is 27.1 Å². The van der Waals surface area contributed by atoms with Gasteiger partial charge < -0.3 is 15.4 Å². The number of nitrogen functional groups attached to an aromatic ring is 1. The molecule has 0 saturated heterocycles. The summed E-state index contributed by atoms with van der Waals surface area (Å²) < 4.78 is 7.24. The molecule has 2 heterocycles. The van der Waals surface area contributed by atoms with Crippen molar-refractivity contribution in [3.63, 3.8) is 0 Å². The van der Waals surface area contributed by atoms with Crippen molar-refractivity contribution in [1.82, 2.24) is 14.5 Å². The van der Waals surface area contributed by atoms with Crippen molar-refractivity contribution >= 4 is 12.0 Å². The van der Waals surface area contributed by atoms with E-state index in [1.54, 1.807) is 9.47 Å². The lowest BCUT2D eigenvalue weighted by Crippen LogP contribution is -2.42. The number of hydrogen-bond acceptors (Lipinski definition) is 5. The number of nitrogens with zero attached hydrogens (tertiary/aromatic N) is 3. The van der Waals surface area contributed by atoms with E-state index in [0.717, 1.165) is 16.7 Å². The maximum Gasteiger partial charge on any atom is 0.410 e. The first kappa shape index (κ1) is 23.4. The Morgan fingerprint density at radius 1 is 0.889 bits per heavy atom. The number of carbonyl (C=O) groups excluding carboxylic acids is 1. The van der Waals surface area contributed by atoms with Crippen molar-refractivity contribution in [3.8, 4) is 0 Å². The lowest BCUT2D eigenvalue weighted by atomic mass is 9.97. The van der Waals surface area contributed by atoms with Gasteiger partial charge in [0.05, 0.1) is 18.3 Å². The highest BCUT2D eigenvalue weighted by Crippen LogP contribution is 2.28. The quantitative estimate of drug-likeness (QED) is 0.446. The lowest BCUT2D eigenvalue weighted by molar-refractivity contribution is 0.0653. The van der Waals surface area contributed by atoms with E-state index in [2.05, 4.69) is 4.98 Å². The normalized spacial score (nSPS) is 13.8. The van der Waals surface area contributed by atoms with Crippen LogP contribution in [0, 0.1) is 0 Å². The smallest absolute Gasteiger partial charge is 0.410 e. The maximum absolute atomic E-state index is 13.8. The summed E-state index contributed by atoms with van der Waals surface area (Å²) in [6.45, 7) is 2.39. The summed E-state index contributed by atoms with van der Waals surface area (Å²) in [5.41, 5.74) is 10.1. The summed E-state index contributed by atoms with van der Waals surface area (Å²) in [5, 5.41) is 0. The fourth-order valence-electron chi connectivity index (χ4n) is 4.71. The van der Waals surface area contributed by atoms with E-state index >= 15 is 0 Å². The van der Waals surface area contributed by atoms with E-state index in [-0.39, 0.29) is 24.2 Å². The van der Waals surface area contributed by atoms with Crippen LogP contribution in [0.2, 0.25) is 0 Å². The van der Waals surface area contributed by atoms with Crippen LogP contribution >= 0.6 is 0 Å². The van der Waals surface area contributed by atoms with Gasteiger partial charge in [-0.1, -0.05) is 91.0 Å². The first-order chi connectivity index (χ1) is 17.5. The number of anilines is 1. The van der Waals surface area contributed by atoms with Crippen molar-refractivity contribution in [3.05, 3.63) is 129 Å². The molecular formula is C29H28N4O3. The number of nitrogens with two attached hydrogens (primary N) is 1. The first-order valence-electron chi connectivity index (χ1n) is 12.0. The Hall–Kier alpha value is -4.39. The van der Waals surface area contributed by atoms with Crippen molar-refractivity contribution in [2.75, 3.05) is 12.3 Å². The number of hydrogen-bond donors (Lipinski definition) is 1. The highest BCUT2D eigenvalue weighted by Gasteiger charge is 2.30. The number of fused-ring (bicyclic) bond motifs is 1. The average molecular weight is 481 g/mol. The largest absolute Gasteiger partial charge is 0.442 e. The number of aromatic nitrogens is 2. The van der Waals surface area contributed by atoms with Gasteiger partial charge in [0, 0.05) is 12.1 Å². The minimum atomic E-state index is -0.437. The molecule has 36 heavy (non-hydrogen) atoms. The predicted molar refractivity (Wildman–Crippen MR) is 138 cm³/mol. The number of rotatable bonds is 5. The Balaban J connectivity index is 1.45. The van der Waals surface area contributed by atoms with Gasteiger partial charge in [-0.05, 0) is 30.0 Å². The van der Waals surface area contributed by atoms with E-state index in [0.29, 0.717) is 24.2 Å². The van der Waals surface area contributed by atoms with Gasteiger partial charge in [-0.2, -0.15) is 0 Å². The summed E-state index contributed by atoms with van der Waals surface area (Å²) in [6, 6.07) is 28.7. The summed E-state index contributed by atoms with van der Waals surface area (Å²) in [5.74, 6) is 0.115. The summed E-state index contributed by atoms with van der Waals surface area (Å²) in [7, 11) is 0. The lowest BCUT2D eigenvalue weighted by Gasteiger charge is -2.30. The van der Waals surface area contributed by atoms with Crippen LogP contribution in [-0.2, 0) is 17.7 Å². The third kappa shape index (κ3) is 4.60. The van der Waals surface area contributed by atoms with Crippen LogP contribution in [0.4, 0.5) is 10.7 Å². The van der Waals surface area contributed by atoms with Crippen molar-refractivity contribution < 1.29 is 9.53 Å². The molecule has 1 aliphatic rings. The molecule has 182 valence electrons. The minimum absolute atomic E-state index is 0.115. The van der Waals surface area contributed by atoms with Crippen LogP contribution in [0.1, 0.15) is 47.0 Å². The molecule has 0 saturated carbocycles. The van der Waals surface area contributed by atoms with Crippen LogP contribution in [0.3, 0.4) is 0 Å². The molecule has 7 nitrogen and oxygen atoms in total. The monoisotopic (exact) mass is 480 g/mol. The van der Waals surface area contributed by atoms with Gasteiger partial charge in [0.2, 0.25) is 5.95 Å². The molecule has 1 aliphatic heterocycles. The molecule has 0 fully saturated rings. The second-order valence-corrected chi connectivity index (χ2v) is 8.90. The van der Waals surface area contributed by atoms with Gasteiger partial charge in [0.1, 0.15) is 6.10 Å². The molecule has 1 amide bonds. The predicted octanol–water partition coefficient (Wildman–Crippen LogP) is 4.72. The number of benzene rings is 3. The first-order valence-corrected chi connectivity index (χ1v) is 12.0. The third-order valence-electron chi connectivity index (χ3n) is 6.59. The number of amides is 1. The minimum Gasteiger partial charge on any atom is -0.442 e. The molecular weight excluding hydrogens is 452 g/mol. The van der Waals surface area contributed by atoms with Crippen molar-refractivity contribution in [2.45, 2.75) is 32.0 Å². The Bertz CT molecular complexity index is 1370. The molecule has 7 heteroatoms. The Morgan fingerprint density at radius 3 is 1.97 bits per heavy atom. The standard InChI is InChI=1S/C29H28N4O3/c1-20(21-11-5-2-6-12-21)36-29(35)32-18-17-24-25(19-32)31-28(30)33(27(24)34)26(22-13-7-3-8-14-22)23-15-9-4-10-16-23/h2-16,20,26H,17-19H2,1H3,(H2,30,31). The van der Waals surface area contributed by atoms with Crippen LogP contribution in [0.15, 0.2) is 95.8 Å². The molecule has 4 aromatic rings. The SMILES string of the molecule is CC(OC(=O)N1CCc2c(nc(N)n(C(c3ccccc3)c3ccccc3)c2=O)C1)c1ccccc1. The molecule has 3 aromatic carbocycles. The molecule has 0 bridgehead atoms. The summed E-state index contributed by atoms with van der Waals surface area (Å²) >= 11 is 0. The van der Waals surface area contributed by atoms with Gasteiger partial charge in [-0.3, -0.25) is 9.36 Å². The van der Waals surface area contributed by atoms with Gasteiger partial charge >= 0.3 is 6.09 Å². The zero-order chi connectivity index (χ0) is 25.1. The molecule has 5 rings (SSSR count). The van der Waals surface area contributed by atoms with Crippen LogP contribution in [0.5, 0.6) is 0 Å². The van der Waals surface area contributed by atoms with Crippen molar-refractivity contribution in [2.24, 2.45) is 0 Å². The van der Waals surface area contributed by atoms with E-state index in [1.165, 1.54) is 0 Å². The second kappa shape index (κ2) is 10.1. The Labute approximate surface area is 209 Å². The fourth-order valence-corrected chi connectivity index (χ4v) is 4.71. The summed E-state index contributed by atoms with van der Waals surface area (Å²) in [6.07, 6.45) is -0.441. The average Bonchev–Trinajstić information content (AvgIpc) is 2.92. The van der Waals surface area contributed by atoms with E-state index < -0.39 is 12.1 Å². The van der Waals surface area contributed by atoms with Crippen molar-refractivity contribution in [1.29, 1.82) is 0 Å². The molecule has 1 atom stereocenters. The van der Waals surface area contributed by atoms with Gasteiger partial charge in [0.15, 0.2) is 0 Å². The zero-order valence-corrected chi connectivity index (χ0v) is 20.1. The fraction of sp³-hybridized carbons (Fsp3) is 0.207. The molecule has 0 radical (unpaired) electrons. The Kier molecular flexibility index (Phi) is 6.54. The van der Waals surface area contributed by atoms with Crippen LogP contribution < -0.4 is 11.3 Å². The highest BCUT2D eigenvalue weighted by molar-refractivity contribution is 5.68. The Morgan fingerprint density at radius 2 is 1.42 bits per heavy atom. The molecule has 2 N–H and O–H groups in total. The van der Waals surface area contributed by atoms with Gasteiger partial charge in [-0.15, -0.1) is 0 Å². The van der Waals surface area contributed by atoms with Crippen LogP contribution in [0.25, 0.3) is 0 Å². The number of ether oxygens (including phenoxy) is 1. The molecule has 0 spiro atoms. The highest BCUT2D eigenvalue weighted by atomic mass is 16.6. The molecule has 0 aliphatic carbocycles. The van der Waals surface area contributed by atoms with E-state index in [4.69, 9.17) is 10.5 Å². The van der Waals surface area contributed by atoms with E-state index in [9.17, 15) is 9.59 Å². The molecule has 1 unspecified atom stereocenters. The third-order valence-corrected chi connectivity index (χ3v) is 6.59. The topological polar surface area (TPSA) is 90.4 Å². The maximum atomic E-state index is 13.8. The van der Waals surface area contributed by atoms with E-state index in [1.807, 2.05) is 97.9 Å².